The van der Waals surface area contributed by atoms with Gasteiger partial charge in [0.2, 0.25) is 5.71 Å². The molecule has 9 aromatic rings. The van der Waals surface area contributed by atoms with Crippen molar-refractivity contribution < 1.29 is 4.42 Å². The fourth-order valence-corrected chi connectivity index (χ4v) is 6.21. The van der Waals surface area contributed by atoms with Crippen molar-refractivity contribution >= 4 is 32.8 Å². The molecular weight excluding hydrogens is 576 g/mol. The molecule has 3 heterocycles. The minimum atomic E-state index is 0.554. The first-order chi connectivity index (χ1) is 23.3. The first-order valence-corrected chi connectivity index (χ1v) is 15.5. The summed E-state index contributed by atoms with van der Waals surface area (Å²) in [5.74, 6) is 1.77. The molecule has 220 valence electrons. The Balaban J connectivity index is 1.16. The van der Waals surface area contributed by atoms with Crippen molar-refractivity contribution in [2.24, 2.45) is 0 Å². The minimum Gasteiger partial charge on any atom is -0.438 e. The van der Waals surface area contributed by atoms with Gasteiger partial charge in [-0.3, -0.25) is 0 Å². The van der Waals surface area contributed by atoms with Gasteiger partial charge in [-0.1, -0.05) is 133 Å². The monoisotopic (exact) mass is 602 g/mol. The van der Waals surface area contributed by atoms with Crippen LogP contribution in [0.5, 0.6) is 0 Å². The Morgan fingerprint density at radius 3 is 1.49 bits per heavy atom. The lowest BCUT2D eigenvalue weighted by molar-refractivity contribution is 0.654. The number of nitrogens with zero attached hydrogens (tertiary/aromatic N) is 4. The highest BCUT2D eigenvalue weighted by Gasteiger charge is 2.19. The number of furan rings is 1. The summed E-state index contributed by atoms with van der Waals surface area (Å²) in [7, 11) is 0. The largest absolute Gasteiger partial charge is 0.438 e. The normalized spacial score (nSPS) is 11.4. The van der Waals surface area contributed by atoms with Crippen LogP contribution in [0.25, 0.3) is 89.3 Å². The number of fused-ring (bicyclic) bond motifs is 4. The van der Waals surface area contributed by atoms with E-state index in [9.17, 15) is 0 Å². The summed E-state index contributed by atoms with van der Waals surface area (Å²) >= 11 is 0. The van der Waals surface area contributed by atoms with Crippen LogP contribution in [0.1, 0.15) is 0 Å². The topological polar surface area (TPSA) is 64.7 Å². The number of hydrogen-bond donors (Lipinski definition) is 0. The molecule has 5 nitrogen and oxygen atoms in total. The second-order valence-corrected chi connectivity index (χ2v) is 11.5. The van der Waals surface area contributed by atoms with Gasteiger partial charge >= 0.3 is 0 Å². The molecular formula is C42H26N4O. The first kappa shape index (κ1) is 26.9. The Morgan fingerprint density at radius 1 is 0.404 bits per heavy atom. The van der Waals surface area contributed by atoms with E-state index in [4.69, 9.17) is 19.4 Å². The zero-order chi connectivity index (χ0) is 31.2. The second-order valence-electron chi connectivity index (χ2n) is 11.5. The Labute approximate surface area is 270 Å². The number of rotatable bonds is 5. The molecule has 3 aromatic heterocycles. The molecule has 0 aliphatic heterocycles. The van der Waals surface area contributed by atoms with Crippen molar-refractivity contribution in [3.8, 4) is 56.4 Å². The zero-order valence-electron chi connectivity index (χ0n) is 25.2. The predicted octanol–water partition coefficient (Wildman–Crippen LogP) is 10.7. The fraction of sp³-hybridized carbons (Fsp3) is 0. The lowest BCUT2D eigenvalue weighted by atomic mass is 9.99. The van der Waals surface area contributed by atoms with Gasteiger partial charge in [0.25, 0.3) is 0 Å². The molecule has 9 rings (SSSR count). The van der Waals surface area contributed by atoms with Gasteiger partial charge in [0.1, 0.15) is 5.58 Å². The third-order valence-electron chi connectivity index (χ3n) is 8.62. The highest BCUT2D eigenvalue weighted by Crippen LogP contribution is 2.37. The summed E-state index contributed by atoms with van der Waals surface area (Å²) in [4.78, 5) is 19.6. The molecule has 0 spiro atoms. The molecule has 0 atom stereocenters. The number of pyridine rings is 1. The van der Waals surface area contributed by atoms with E-state index in [0.29, 0.717) is 23.2 Å². The summed E-state index contributed by atoms with van der Waals surface area (Å²) in [5, 5.41) is 4.12. The summed E-state index contributed by atoms with van der Waals surface area (Å²) < 4.78 is 6.26. The van der Waals surface area contributed by atoms with Gasteiger partial charge in [-0.25, -0.2) is 19.9 Å². The molecule has 0 saturated carbocycles. The average molecular weight is 603 g/mol. The molecule has 0 aliphatic carbocycles. The summed E-state index contributed by atoms with van der Waals surface area (Å²) in [6.45, 7) is 0. The van der Waals surface area contributed by atoms with E-state index in [1.54, 1.807) is 6.20 Å². The van der Waals surface area contributed by atoms with E-state index < -0.39 is 0 Å². The fourth-order valence-electron chi connectivity index (χ4n) is 6.21. The Kier molecular flexibility index (Phi) is 6.39. The van der Waals surface area contributed by atoms with Gasteiger partial charge in [-0.15, -0.1) is 0 Å². The second kappa shape index (κ2) is 11.2. The molecule has 0 bridgehead atoms. The molecule has 0 fully saturated rings. The molecule has 0 radical (unpaired) electrons. The Hall–Kier alpha value is -6.46. The highest BCUT2D eigenvalue weighted by molar-refractivity contribution is 6.14. The third-order valence-corrected chi connectivity index (χ3v) is 8.62. The van der Waals surface area contributed by atoms with Crippen LogP contribution in [0.2, 0.25) is 0 Å². The lowest BCUT2D eigenvalue weighted by Gasteiger charge is -2.10. The smallest absolute Gasteiger partial charge is 0.228 e. The van der Waals surface area contributed by atoms with Crippen molar-refractivity contribution in [2.45, 2.75) is 0 Å². The summed E-state index contributed by atoms with van der Waals surface area (Å²) in [6, 6.07) is 52.0. The van der Waals surface area contributed by atoms with Crippen molar-refractivity contribution in [2.75, 3.05) is 0 Å². The predicted molar refractivity (Wildman–Crippen MR) is 190 cm³/mol. The third kappa shape index (κ3) is 4.91. The molecule has 0 saturated heterocycles. The minimum absolute atomic E-state index is 0.554. The van der Waals surface area contributed by atoms with Crippen molar-refractivity contribution in [3.05, 3.63) is 158 Å². The van der Waals surface area contributed by atoms with E-state index in [1.807, 2.05) is 54.6 Å². The van der Waals surface area contributed by atoms with E-state index in [2.05, 4.69) is 102 Å². The van der Waals surface area contributed by atoms with Crippen molar-refractivity contribution in [1.29, 1.82) is 0 Å². The Bertz CT molecular complexity index is 2540. The van der Waals surface area contributed by atoms with Crippen LogP contribution in [0.4, 0.5) is 0 Å². The highest BCUT2D eigenvalue weighted by atomic mass is 16.3. The molecule has 0 aliphatic rings. The lowest BCUT2D eigenvalue weighted by Crippen LogP contribution is -2.00. The van der Waals surface area contributed by atoms with Gasteiger partial charge in [-0.2, -0.15) is 0 Å². The van der Waals surface area contributed by atoms with Gasteiger partial charge in [0.05, 0.1) is 5.39 Å². The molecule has 0 unspecified atom stereocenters. The zero-order valence-corrected chi connectivity index (χ0v) is 25.2. The summed E-state index contributed by atoms with van der Waals surface area (Å²) in [5.41, 5.74) is 8.68. The van der Waals surface area contributed by atoms with Crippen molar-refractivity contribution in [1.82, 2.24) is 19.9 Å². The first-order valence-electron chi connectivity index (χ1n) is 15.5. The maximum atomic E-state index is 6.26. The molecule has 47 heavy (non-hydrogen) atoms. The Morgan fingerprint density at radius 2 is 0.872 bits per heavy atom. The van der Waals surface area contributed by atoms with Crippen LogP contribution in [-0.2, 0) is 0 Å². The number of hydrogen-bond acceptors (Lipinski definition) is 5. The van der Waals surface area contributed by atoms with Gasteiger partial charge in [0.15, 0.2) is 17.5 Å². The van der Waals surface area contributed by atoms with Gasteiger partial charge in [-0.05, 0) is 51.2 Å². The maximum Gasteiger partial charge on any atom is 0.228 e. The van der Waals surface area contributed by atoms with Gasteiger partial charge < -0.3 is 4.42 Å². The van der Waals surface area contributed by atoms with E-state index in [-0.39, 0.29) is 0 Å². The van der Waals surface area contributed by atoms with Crippen LogP contribution in [0.3, 0.4) is 0 Å². The summed E-state index contributed by atoms with van der Waals surface area (Å²) in [6.07, 6.45) is 1.75. The van der Waals surface area contributed by atoms with Crippen LogP contribution in [0, 0.1) is 0 Å². The van der Waals surface area contributed by atoms with E-state index >= 15 is 0 Å². The van der Waals surface area contributed by atoms with E-state index in [1.165, 1.54) is 11.1 Å². The standard InChI is InChI=1S/C42H26N4O/c1-3-9-27(10-4-1)28-15-17-29(18-16-28)30-19-21-32(22-20-30)40-44-39(31-11-5-2-6-12-31)45-41(46-40)35-23-24-43-42-38(35)36-25-33-13-7-8-14-34(33)26-37(36)47-42/h1-26H. The molecule has 5 heteroatoms. The van der Waals surface area contributed by atoms with Crippen LogP contribution in [-0.4, -0.2) is 19.9 Å². The van der Waals surface area contributed by atoms with Crippen LogP contribution >= 0.6 is 0 Å². The van der Waals surface area contributed by atoms with Gasteiger partial charge in [0, 0.05) is 28.3 Å². The van der Waals surface area contributed by atoms with E-state index in [0.717, 1.165) is 54.9 Å². The number of aromatic nitrogens is 4. The SMILES string of the molecule is c1ccc(-c2ccc(-c3ccc(-c4nc(-c5ccccc5)nc(-c5ccnc6oc7cc8ccccc8cc7c56)n4)cc3)cc2)cc1. The average Bonchev–Trinajstić information content (AvgIpc) is 3.52. The molecule has 0 N–H and O–H groups in total. The maximum absolute atomic E-state index is 6.26. The number of benzene rings is 6. The van der Waals surface area contributed by atoms with Crippen LogP contribution < -0.4 is 0 Å². The molecule has 6 aromatic carbocycles. The molecule has 0 amide bonds. The van der Waals surface area contributed by atoms with Crippen LogP contribution in [0.15, 0.2) is 162 Å². The van der Waals surface area contributed by atoms with Crippen molar-refractivity contribution in [3.63, 3.8) is 0 Å². The quantitative estimate of drug-likeness (QED) is 0.196.